The Kier molecular flexibility index (Phi) is 4.49. The van der Waals surface area contributed by atoms with Gasteiger partial charge in [0, 0.05) is 24.1 Å². The minimum absolute atomic E-state index is 0.00213. The van der Waals surface area contributed by atoms with Crippen LogP contribution in [0.25, 0.3) is 11.3 Å². The van der Waals surface area contributed by atoms with E-state index in [4.69, 9.17) is 9.52 Å². The number of oxazole rings is 1. The molecule has 0 saturated carbocycles. The predicted octanol–water partition coefficient (Wildman–Crippen LogP) is 2.54. The molecule has 6 nitrogen and oxygen atoms in total. The summed E-state index contributed by atoms with van der Waals surface area (Å²) in [6.45, 7) is 0. The number of hydrogen-bond acceptors (Lipinski definition) is 4. The Hall–Kier alpha value is -2.63. The number of rotatable bonds is 6. The van der Waals surface area contributed by atoms with Gasteiger partial charge in [-0.05, 0) is 30.7 Å². The van der Waals surface area contributed by atoms with Crippen LogP contribution >= 0.6 is 0 Å². The largest absolute Gasteiger partial charge is 0.481 e. The zero-order chi connectivity index (χ0) is 14.4. The van der Waals surface area contributed by atoms with Crippen molar-refractivity contribution in [1.29, 1.82) is 0 Å². The summed E-state index contributed by atoms with van der Waals surface area (Å²) in [7, 11) is 0. The molecular weight excluding hydrogens is 260 g/mol. The first-order chi connectivity index (χ1) is 9.65. The first-order valence-corrected chi connectivity index (χ1v) is 6.16. The molecule has 0 fully saturated rings. The van der Waals surface area contributed by atoms with Crippen molar-refractivity contribution >= 4 is 17.6 Å². The van der Waals surface area contributed by atoms with Crippen molar-refractivity contribution in [3.63, 3.8) is 0 Å². The Morgan fingerprint density at radius 3 is 2.55 bits per heavy atom. The summed E-state index contributed by atoms with van der Waals surface area (Å²) in [6.07, 6.45) is 3.48. The van der Waals surface area contributed by atoms with Gasteiger partial charge in [0.05, 0.1) is 6.20 Å². The molecule has 0 unspecified atom stereocenters. The second-order valence-corrected chi connectivity index (χ2v) is 4.24. The third-order valence-electron chi connectivity index (χ3n) is 2.68. The van der Waals surface area contributed by atoms with Crippen molar-refractivity contribution in [2.45, 2.75) is 19.3 Å². The summed E-state index contributed by atoms with van der Waals surface area (Å²) >= 11 is 0. The normalized spacial score (nSPS) is 10.2. The van der Waals surface area contributed by atoms with Gasteiger partial charge in [-0.25, -0.2) is 4.98 Å². The summed E-state index contributed by atoms with van der Waals surface area (Å²) in [4.78, 5) is 25.8. The van der Waals surface area contributed by atoms with Crippen LogP contribution in [0.15, 0.2) is 41.3 Å². The van der Waals surface area contributed by atoms with E-state index < -0.39 is 5.97 Å². The van der Waals surface area contributed by atoms with Crippen molar-refractivity contribution in [2.24, 2.45) is 0 Å². The van der Waals surface area contributed by atoms with Crippen LogP contribution in [0.5, 0.6) is 0 Å². The van der Waals surface area contributed by atoms with Crippen LogP contribution in [0.4, 0.5) is 5.69 Å². The molecule has 104 valence electrons. The summed E-state index contributed by atoms with van der Waals surface area (Å²) in [5.74, 6) is -0.433. The lowest BCUT2D eigenvalue weighted by Gasteiger charge is -2.05. The van der Waals surface area contributed by atoms with Crippen molar-refractivity contribution in [3.8, 4) is 11.3 Å². The molecule has 0 aliphatic heterocycles. The highest BCUT2D eigenvalue weighted by molar-refractivity contribution is 5.91. The summed E-state index contributed by atoms with van der Waals surface area (Å²) in [5, 5.41) is 11.2. The van der Waals surface area contributed by atoms with Crippen LogP contribution in [0.2, 0.25) is 0 Å². The number of carboxylic acids is 1. The maximum absolute atomic E-state index is 11.6. The fourth-order valence-electron chi connectivity index (χ4n) is 1.70. The van der Waals surface area contributed by atoms with Gasteiger partial charge in [0.15, 0.2) is 12.2 Å². The summed E-state index contributed by atoms with van der Waals surface area (Å²) in [6, 6.07) is 7.14. The van der Waals surface area contributed by atoms with Gasteiger partial charge in [-0.3, -0.25) is 9.59 Å². The monoisotopic (exact) mass is 274 g/mol. The Morgan fingerprint density at radius 1 is 1.20 bits per heavy atom. The van der Waals surface area contributed by atoms with E-state index in [1.165, 1.54) is 6.39 Å². The van der Waals surface area contributed by atoms with Crippen LogP contribution in [0, 0.1) is 0 Å². The van der Waals surface area contributed by atoms with Gasteiger partial charge in [0.2, 0.25) is 5.91 Å². The molecule has 0 spiro atoms. The Bertz CT molecular complexity index is 576. The maximum Gasteiger partial charge on any atom is 0.303 e. The van der Waals surface area contributed by atoms with Gasteiger partial charge in [-0.15, -0.1) is 0 Å². The number of carboxylic acid groups (broad SMARTS) is 1. The number of carbonyl (C=O) groups is 2. The predicted molar refractivity (Wildman–Crippen MR) is 72.1 cm³/mol. The average Bonchev–Trinajstić information content (AvgIpc) is 2.93. The Balaban J connectivity index is 1.87. The molecule has 2 aromatic rings. The van der Waals surface area contributed by atoms with Crippen LogP contribution in [0.3, 0.4) is 0 Å². The molecule has 0 radical (unpaired) electrons. The van der Waals surface area contributed by atoms with Gasteiger partial charge in [-0.2, -0.15) is 0 Å². The van der Waals surface area contributed by atoms with Gasteiger partial charge in [-0.1, -0.05) is 0 Å². The van der Waals surface area contributed by atoms with E-state index in [0.717, 1.165) is 5.56 Å². The zero-order valence-electron chi connectivity index (χ0n) is 10.7. The molecule has 1 amide bonds. The second kappa shape index (κ2) is 6.51. The summed E-state index contributed by atoms with van der Waals surface area (Å²) < 4.78 is 5.16. The van der Waals surface area contributed by atoms with Gasteiger partial charge >= 0.3 is 5.97 Å². The standard InChI is InChI=1S/C14H14N2O4/c17-13(2-1-3-14(18)19)16-11-6-4-10(5-7-11)12-8-15-9-20-12/h4-9H,1-3H2,(H,16,17)(H,18,19). The molecule has 0 atom stereocenters. The molecule has 1 aromatic carbocycles. The highest BCUT2D eigenvalue weighted by Crippen LogP contribution is 2.20. The van der Waals surface area contributed by atoms with Crippen LogP contribution in [-0.4, -0.2) is 22.0 Å². The number of carbonyl (C=O) groups excluding carboxylic acids is 1. The lowest BCUT2D eigenvalue weighted by Crippen LogP contribution is -2.11. The molecule has 2 rings (SSSR count). The number of aliphatic carboxylic acids is 1. The molecule has 2 N–H and O–H groups in total. The maximum atomic E-state index is 11.6. The Morgan fingerprint density at radius 2 is 1.95 bits per heavy atom. The van der Waals surface area contributed by atoms with Gasteiger partial charge in [0.1, 0.15) is 0 Å². The number of benzene rings is 1. The molecule has 1 aromatic heterocycles. The second-order valence-electron chi connectivity index (χ2n) is 4.24. The fourth-order valence-corrected chi connectivity index (χ4v) is 1.70. The van der Waals surface area contributed by atoms with Gasteiger partial charge in [0.25, 0.3) is 0 Å². The third kappa shape index (κ3) is 3.94. The summed E-state index contributed by atoms with van der Waals surface area (Å²) in [5.41, 5.74) is 1.53. The van der Waals surface area contributed by atoms with Crippen LogP contribution < -0.4 is 5.32 Å². The van der Waals surface area contributed by atoms with E-state index in [9.17, 15) is 9.59 Å². The van der Waals surface area contributed by atoms with E-state index in [0.29, 0.717) is 17.9 Å². The van der Waals surface area contributed by atoms with E-state index in [1.54, 1.807) is 18.3 Å². The first-order valence-electron chi connectivity index (χ1n) is 6.16. The number of anilines is 1. The minimum atomic E-state index is -0.894. The van der Waals surface area contributed by atoms with E-state index in [-0.39, 0.29) is 18.7 Å². The minimum Gasteiger partial charge on any atom is -0.481 e. The number of aromatic nitrogens is 1. The van der Waals surface area contributed by atoms with Crippen LogP contribution in [0.1, 0.15) is 19.3 Å². The number of nitrogens with one attached hydrogen (secondary N) is 1. The molecule has 20 heavy (non-hydrogen) atoms. The SMILES string of the molecule is O=C(O)CCCC(=O)Nc1ccc(-c2cnco2)cc1. The number of nitrogens with zero attached hydrogens (tertiary/aromatic N) is 1. The van der Waals surface area contributed by atoms with E-state index in [1.807, 2.05) is 12.1 Å². The average molecular weight is 274 g/mol. The highest BCUT2D eigenvalue weighted by atomic mass is 16.4. The van der Waals surface area contributed by atoms with Crippen molar-refractivity contribution in [1.82, 2.24) is 4.98 Å². The highest BCUT2D eigenvalue weighted by Gasteiger charge is 2.05. The lowest BCUT2D eigenvalue weighted by molar-refractivity contribution is -0.137. The molecule has 0 aliphatic carbocycles. The third-order valence-corrected chi connectivity index (χ3v) is 2.68. The smallest absolute Gasteiger partial charge is 0.303 e. The van der Waals surface area contributed by atoms with Crippen molar-refractivity contribution in [3.05, 3.63) is 36.9 Å². The molecule has 0 bridgehead atoms. The van der Waals surface area contributed by atoms with Gasteiger partial charge < -0.3 is 14.8 Å². The first kappa shape index (κ1) is 13.8. The quantitative estimate of drug-likeness (QED) is 0.844. The van der Waals surface area contributed by atoms with Crippen molar-refractivity contribution < 1.29 is 19.1 Å². The topological polar surface area (TPSA) is 92.4 Å². The molecule has 1 heterocycles. The number of hydrogen-bond donors (Lipinski definition) is 2. The van der Waals surface area contributed by atoms with E-state index >= 15 is 0 Å². The van der Waals surface area contributed by atoms with Crippen molar-refractivity contribution in [2.75, 3.05) is 5.32 Å². The molecule has 0 saturated heterocycles. The number of amides is 1. The molecular formula is C14H14N2O4. The lowest BCUT2D eigenvalue weighted by atomic mass is 10.1. The molecule has 6 heteroatoms. The van der Waals surface area contributed by atoms with Crippen LogP contribution in [-0.2, 0) is 9.59 Å². The Labute approximate surface area is 115 Å². The fraction of sp³-hybridized carbons (Fsp3) is 0.214. The van der Waals surface area contributed by atoms with E-state index in [2.05, 4.69) is 10.3 Å². The molecule has 0 aliphatic rings. The zero-order valence-corrected chi connectivity index (χ0v) is 10.7.